The minimum atomic E-state index is -0.381. The third-order valence-electron chi connectivity index (χ3n) is 3.66. The van der Waals surface area contributed by atoms with Gasteiger partial charge in [-0.3, -0.25) is 14.7 Å². The summed E-state index contributed by atoms with van der Waals surface area (Å²) in [7, 11) is 0. The molecule has 86 valence electrons. The first-order valence-electron chi connectivity index (χ1n) is 5.85. The molecule has 0 aliphatic carbocycles. The van der Waals surface area contributed by atoms with Gasteiger partial charge >= 0.3 is 5.69 Å². The molecule has 1 aromatic heterocycles. The largest absolute Gasteiger partial charge is 0.325 e. The van der Waals surface area contributed by atoms with Crippen LogP contribution in [0.2, 0.25) is 0 Å². The highest BCUT2D eigenvalue weighted by Gasteiger charge is 2.31. The zero-order valence-electron chi connectivity index (χ0n) is 9.08. The van der Waals surface area contributed by atoms with Crippen molar-refractivity contribution in [2.75, 3.05) is 13.1 Å². The van der Waals surface area contributed by atoms with E-state index in [1.165, 1.54) is 12.8 Å². The minimum absolute atomic E-state index is 0.199. The van der Waals surface area contributed by atoms with Crippen LogP contribution in [0.3, 0.4) is 0 Å². The summed E-state index contributed by atoms with van der Waals surface area (Å²) in [5.74, 6) is 0. The number of fused-ring (bicyclic) bond motifs is 3. The highest BCUT2D eigenvalue weighted by Crippen LogP contribution is 2.33. The molecule has 0 aromatic carbocycles. The molecule has 5 heteroatoms. The number of nitrogens with one attached hydrogen (secondary N) is 2. The molecule has 1 unspecified atom stereocenters. The van der Waals surface area contributed by atoms with Gasteiger partial charge in [0.1, 0.15) is 0 Å². The maximum Gasteiger partial charge on any atom is 0.325 e. The summed E-state index contributed by atoms with van der Waals surface area (Å²) in [6, 6.07) is 0.220. The Hall–Kier alpha value is -1.36. The number of H-pyrrole nitrogens is 2. The molecule has 0 radical (unpaired) electrons. The molecule has 1 fully saturated rings. The standard InChI is InChI=1S/C11H15N3O2/c15-10-9-7(12-11(16)13-10)4-6-14-5-2-1-3-8(9)14/h8H,1-6H2,(H2,12,13,15,16). The number of hydrogen-bond donors (Lipinski definition) is 2. The Bertz CT molecular complexity index is 517. The van der Waals surface area contributed by atoms with Gasteiger partial charge in [-0.1, -0.05) is 6.42 Å². The van der Waals surface area contributed by atoms with Crippen LogP contribution < -0.4 is 11.2 Å². The fourth-order valence-corrected chi connectivity index (χ4v) is 2.93. The van der Waals surface area contributed by atoms with Crippen LogP contribution in [0.1, 0.15) is 36.6 Å². The number of aromatic nitrogens is 2. The van der Waals surface area contributed by atoms with Crippen molar-refractivity contribution in [1.29, 1.82) is 0 Å². The summed E-state index contributed by atoms with van der Waals surface area (Å²) in [5.41, 5.74) is 1.06. The van der Waals surface area contributed by atoms with Crippen molar-refractivity contribution in [3.8, 4) is 0 Å². The van der Waals surface area contributed by atoms with Crippen LogP contribution in [-0.4, -0.2) is 28.0 Å². The minimum Gasteiger partial charge on any atom is -0.311 e. The molecule has 2 aliphatic heterocycles. The van der Waals surface area contributed by atoms with Crippen LogP contribution in [0.4, 0.5) is 0 Å². The molecule has 2 aliphatic rings. The molecule has 1 saturated heterocycles. The van der Waals surface area contributed by atoms with Crippen molar-refractivity contribution >= 4 is 0 Å². The number of rotatable bonds is 0. The van der Waals surface area contributed by atoms with Crippen LogP contribution in [-0.2, 0) is 6.42 Å². The van der Waals surface area contributed by atoms with Crippen molar-refractivity contribution in [3.05, 3.63) is 32.1 Å². The molecule has 0 bridgehead atoms. The summed E-state index contributed by atoms with van der Waals surface area (Å²) in [4.78, 5) is 30.5. The van der Waals surface area contributed by atoms with Gasteiger partial charge in [-0.2, -0.15) is 0 Å². The number of hydrogen-bond acceptors (Lipinski definition) is 3. The third kappa shape index (κ3) is 1.43. The predicted octanol–water partition coefficient (Wildman–Crippen LogP) is 0.146. The van der Waals surface area contributed by atoms with Crippen LogP contribution in [0.5, 0.6) is 0 Å². The van der Waals surface area contributed by atoms with Gasteiger partial charge in [0.15, 0.2) is 0 Å². The van der Waals surface area contributed by atoms with Gasteiger partial charge in [0.25, 0.3) is 5.56 Å². The van der Waals surface area contributed by atoms with E-state index in [-0.39, 0.29) is 17.3 Å². The summed E-state index contributed by atoms with van der Waals surface area (Å²) < 4.78 is 0. The zero-order valence-corrected chi connectivity index (χ0v) is 9.08. The first-order valence-corrected chi connectivity index (χ1v) is 5.85. The Labute approximate surface area is 92.5 Å². The van der Waals surface area contributed by atoms with E-state index in [1.807, 2.05) is 0 Å². The number of nitrogens with zero attached hydrogens (tertiary/aromatic N) is 1. The van der Waals surface area contributed by atoms with E-state index in [9.17, 15) is 9.59 Å². The van der Waals surface area contributed by atoms with E-state index in [0.29, 0.717) is 0 Å². The summed E-state index contributed by atoms with van der Waals surface area (Å²) in [6.45, 7) is 2.03. The lowest BCUT2D eigenvalue weighted by molar-refractivity contribution is 0.135. The first-order chi connectivity index (χ1) is 7.75. The van der Waals surface area contributed by atoms with E-state index in [1.54, 1.807) is 0 Å². The van der Waals surface area contributed by atoms with Gasteiger partial charge in [-0.05, 0) is 19.4 Å². The highest BCUT2D eigenvalue weighted by molar-refractivity contribution is 5.24. The highest BCUT2D eigenvalue weighted by atomic mass is 16.2. The molecule has 3 rings (SSSR count). The normalized spacial score (nSPS) is 24.9. The predicted molar refractivity (Wildman–Crippen MR) is 59.6 cm³/mol. The fourth-order valence-electron chi connectivity index (χ4n) is 2.93. The molecule has 0 saturated carbocycles. The van der Waals surface area contributed by atoms with Crippen LogP contribution in [0, 0.1) is 0 Å². The Morgan fingerprint density at radius 3 is 2.88 bits per heavy atom. The molecular formula is C11H15N3O2. The molecule has 5 nitrogen and oxygen atoms in total. The van der Waals surface area contributed by atoms with Gasteiger partial charge in [0, 0.05) is 24.7 Å². The smallest absolute Gasteiger partial charge is 0.311 e. The molecule has 1 aromatic rings. The Morgan fingerprint density at radius 1 is 1.12 bits per heavy atom. The molecular weight excluding hydrogens is 206 g/mol. The molecule has 16 heavy (non-hydrogen) atoms. The molecule has 0 amide bonds. The third-order valence-corrected chi connectivity index (χ3v) is 3.66. The fraction of sp³-hybridized carbons (Fsp3) is 0.636. The zero-order chi connectivity index (χ0) is 11.1. The Kier molecular flexibility index (Phi) is 2.21. The molecule has 2 N–H and O–H groups in total. The monoisotopic (exact) mass is 221 g/mol. The van der Waals surface area contributed by atoms with Crippen molar-refractivity contribution in [3.63, 3.8) is 0 Å². The van der Waals surface area contributed by atoms with E-state index in [0.717, 1.165) is 37.2 Å². The Balaban J connectivity index is 2.14. The summed E-state index contributed by atoms with van der Waals surface area (Å²) in [5, 5.41) is 0. The quantitative estimate of drug-likeness (QED) is 0.655. The van der Waals surface area contributed by atoms with Gasteiger partial charge < -0.3 is 4.98 Å². The van der Waals surface area contributed by atoms with E-state index < -0.39 is 0 Å². The van der Waals surface area contributed by atoms with Gasteiger partial charge in [0.05, 0.1) is 5.56 Å². The number of piperidine rings is 1. The van der Waals surface area contributed by atoms with Gasteiger partial charge in [-0.15, -0.1) is 0 Å². The average molecular weight is 221 g/mol. The second kappa shape index (κ2) is 3.59. The second-order valence-electron chi connectivity index (χ2n) is 4.60. The molecule has 3 heterocycles. The lowest BCUT2D eigenvalue weighted by Gasteiger charge is -2.39. The maximum absolute atomic E-state index is 11.8. The van der Waals surface area contributed by atoms with Crippen molar-refractivity contribution < 1.29 is 0 Å². The lowest BCUT2D eigenvalue weighted by atomic mass is 9.90. The average Bonchev–Trinajstić information content (AvgIpc) is 2.28. The van der Waals surface area contributed by atoms with E-state index in [2.05, 4.69) is 14.9 Å². The van der Waals surface area contributed by atoms with Crippen molar-refractivity contribution in [2.24, 2.45) is 0 Å². The van der Waals surface area contributed by atoms with E-state index >= 15 is 0 Å². The van der Waals surface area contributed by atoms with Crippen LogP contribution in [0.25, 0.3) is 0 Å². The maximum atomic E-state index is 11.8. The summed E-state index contributed by atoms with van der Waals surface area (Å²) >= 11 is 0. The van der Waals surface area contributed by atoms with Crippen molar-refractivity contribution in [2.45, 2.75) is 31.7 Å². The summed E-state index contributed by atoms with van der Waals surface area (Å²) in [6.07, 6.45) is 4.19. The number of aromatic amines is 2. The van der Waals surface area contributed by atoms with Gasteiger partial charge in [-0.25, -0.2) is 4.79 Å². The SMILES string of the molecule is O=c1[nH]c2c(c(=O)[nH]1)C1CCCCN1CC2. The second-order valence-corrected chi connectivity index (χ2v) is 4.60. The van der Waals surface area contributed by atoms with Crippen molar-refractivity contribution in [1.82, 2.24) is 14.9 Å². The molecule has 1 atom stereocenters. The topological polar surface area (TPSA) is 69.0 Å². The van der Waals surface area contributed by atoms with Gasteiger partial charge in [0.2, 0.25) is 0 Å². The van der Waals surface area contributed by atoms with E-state index in [4.69, 9.17) is 0 Å². The lowest BCUT2D eigenvalue weighted by Crippen LogP contribution is -2.44. The first kappa shape index (κ1) is 9.84. The van der Waals surface area contributed by atoms with Crippen LogP contribution in [0.15, 0.2) is 9.59 Å². The Morgan fingerprint density at radius 2 is 2.00 bits per heavy atom. The molecule has 0 spiro atoms. The van der Waals surface area contributed by atoms with Crippen LogP contribution >= 0.6 is 0 Å².